The van der Waals surface area contributed by atoms with Crippen LogP contribution in [0.25, 0.3) is 5.65 Å². The summed E-state index contributed by atoms with van der Waals surface area (Å²) in [7, 11) is 0. The van der Waals surface area contributed by atoms with E-state index in [0.717, 1.165) is 39.1 Å². The first-order valence-electron chi connectivity index (χ1n) is 7.32. The molecular formula is C14H19N5O2. The van der Waals surface area contributed by atoms with Crippen molar-refractivity contribution in [2.45, 2.75) is 19.8 Å². The first-order chi connectivity index (χ1) is 10.3. The molecule has 0 aliphatic carbocycles. The SMILES string of the molecule is CCCOC[C@@H]1CCN(C(=O)c2ccc3nnnn3c2)C1. The molecule has 1 saturated heterocycles. The Kier molecular flexibility index (Phi) is 4.10. The Labute approximate surface area is 122 Å². The van der Waals surface area contributed by atoms with Crippen LogP contribution in [0.2, 0.25) is 0 Å². The maximum Gasteiger partial charge on any atom is 0.255 e. The van der Waals surface area contributed by atoms with Crippen LogP contribution in [0.3, 0.4) is 0 Å². The van der Waals surface area contributed by atoms with E-state index in [9.17, 15) is 4.79 Å². The lowest BCUT2D eigenvalue weighted by molar-refractivity contribution is 0.0754. The maximum absolute atomic E-state index is 12.5. The summed E-state index contributed by atoms with van der Waals surface area (Å²) in [4.78, 5) is 14.4. The molecule has 1 amide bonds. The van der Waals surface area contributed by atoms with Crippen molar-refractivity contribution in [1.82, 2.24) is 24.9 Å². The zero-order valence-corrected chi connectivity index (χ0v) is 12.1. The van der Waals surface area contributed by atoms with Crippen LogP contribution in [0.15, 0.2) is 18.3 Å². The lowest BCUT2D eigenvalue weighted by Crippen LogP contribution is -2.29. The number of carbonyl (C=O) groups excluding carboxylic acids is 1. The molecule has 3 heterocycles. The molecule has 112 valence electrons. The fourth-order valence-corrected chi connectivity index (χ4v) is 2.60. The number of aromatic nitrogens is 4. The van der Waals surface area contributed by atoms with Gasteiger partial charge in [-0.2, -0.15) is 4.52 Å². The van der Waals surface area contributed by atoms with Crippen LogP contribution < -0.4 is 0 Å². The molecule has 0 unspecified atom stereocenters. The molecular weight excluding hydrogens is 270 g/mol. The fraction of sp³-hybridized carbons (Fsp3) is 0.571. The number of hydrogen-bond acceptors (Lipinski definition) is 5. The van der Waals surface area contributed by atoms with Crippen molar-refractivity contribution in [2.24, 2.45) is 5.92 Å². The van der Waals surface area contributed by atoms with Gasteiger partial charge in [-0.15, -0.1) is 5.10 Å². The van der Waals surface area contributed by atoms with Gasteiger partial charge in [0.15, 0.2) is 5.65 Å². The molecule has 1 aliphatic heterocycles. The van der Waals surface area contributed by atoms with E-state index in [1.165, 1.54) is 4.52 Å². The van der Waals surface area contributed by atoms with Crippen molar-refractivity contribution >= 4 is 11.6 Å². The van der Waals surface area contributed by atoms with Crippen molar-refractivity contribution in [3.8, 4) is 0 Å². The summed E-state index contributed by atoms with van der Waals surface area (Å²) in [6.45, 7) is 5.17. The second-order valence-electron chi connectivity index (χ2n) is 5.38. The Morgan fingerprint density at radius 3 is 3.24 bits per heavy atom. The molecule has 0 saturated carbocycles. The fourth-order valence-electron chi connectivity index (χ4n) is 2.60. The van der Waals surface area contributed by atoms with E-state index in [4.69, 9.17) is 4.74 Å². The van der Waals surface area contributed by atoms with Crippen LogP contribution >= 0.6 is 0 Å². The van der Waals surface area contributed by atoms with Gasteiger partial charge in [0, 0.05) is 31.8 Å². The number of fused-ring (bicyclic) bond motifs is 1. The molecule has 3 rings (SSSR count). The number of nitrogens with zero attached hydrogens (tertiary/aromatic N) is 5. The number of tetrazole rings is 1. The minimum atomic E-state index is 0.0328. The Morgan fingerprint density at radius 2 is 2.38 bits per heavy atom. The molecule has 7 heteroatoms. The van der Waals surface area contributed by atoms with Gasteiger partial charge in [0.1, 0.15) is 0 Å². The Balaban J connectivity index is 1.63. The molecule has 7 nitrogen and oxygen atoms in total. The van der Waals surface area contributed by atoms with Crippen LogP contribution in [0.1, 0.15) is 30.1 Å². The lowest BCUT2D eigenvalue weighted by Gasteiger charge is -2.16. The third kappa shape index (κ3) is 3.02. The summed E-state index contributed by atoms with van der Waals surface area (Å²) in [6, 6.07) is 3.53. The van der Waals surface area contributed by atoms with E-state index in [-0.39, 0.29) is 5.91 Å². The maximum atomic E-state index is 12.5. The molecule has 1 fully saturated rings. The number of likely N-dealkylation sites (tertiary alicyclic amines) is 1. The summed E-state index contributed by atoms with van der Waals surface area (Å²) < 4.78 is 7.10. The highest BCUT2D eigenvalue weighted by Crippen LogP contribution is 2.19. The van der Waals surface area contributed by atoms with Crippen molar-refractivity contribution in [3.05, 3.63) is 23.9 Å². The summed E-state index contributed by atoms with van der Waals surface area (Å²) in [5, 5.41) is 11.2. The Morgan fingerprint density at radius 1 is 1.48 bits per heavy atom. The molecule has 0 spiro atoms. The van der Waals surface area contributed by atoms with Crippen LogP contribution in [-0.4, -0.2) is 57.2 Å². The first-order valence-corrected chi connectivity index (χ1v) is 7.32. The largest absolute Gasteiger partial charge is 0.381 e. The highest BCUT2D eigenvalue weighted by Gasteiger charge is 2.27. The average Bonchev–Trinajstić information content (AvgIpc) is 3.15. The molecule has 0 N–H and O–H groups in total. The molecule has 0 radical (unpaired) electrons. The van der Waals surface area contributed by atoms with Crippen molar-refractivity contribution in [2.75, 3.05) is 26.3 Å². The topological polar surface area (TPSA) is 72.6 Å². The van der Waals surface area contributed by atoms with Crippen LogP contribution in [0.5, 0.6) is 0 Å². The molecule has 0 bridgehead atoms. The summed E-state index contributed by atoms with van der Waals surface area (Å²) in [5.74, 6) is 0.475. The standard InChI is InChI=1S/C14H19N5O2/c1-2-7-21-10-11-5-6-18(8-11)14(20)12-3-4-13-15-16-17-19(13)9-12/h3-4,9,11H,2,5-8,10H2,1H3/t11-/m1/s1. The van der Waals surface area contributed by atoms with Crippen molar-refractivity contribution in [3.63, 3.8) is 0 Å². The van der Waals surface area contributed by atoms with Gasteiger partial charge in [-0.05, 0) is 35.4 Å². The zero-order valence-electron chi connectivity index (χ0n) is 12.1. The number of amides is 1. The van der Waals surface area contributed by atoms with Gasteiger partial charge in [-0.25, -0.2) is 0 Å². The van der Waals surface area contributed by atoms with Crippen molar-refractivity contribution < 1.29 is 9.53 Å². The highest BCUT2D eigenvalue weighted by atomic mass is 16.5. The monoisotopic (exact) mass is 289 g/mol. The van der Waals surface area contributed by atoms with E-state index < -0.39 is 0 Å². The van der Waals surface area contributed by atoms with Gasteiger partial charge in [0.05, 0.1) is 12.2 Å². The average molecular weight is 289 g/mol. The minimum absolute atomic E-state index is 0.0328. The van der Waals surface area contributed by atoms with Crippen LogP contribution in [0, 0.1) is 5.92 Å². The third-order valence-corrected chi connectivity index (χ3v) is 3.71. The minimum Gasteiger partial charge on any atom is -0.381 e. The van der Waals surface area contributed by atoms with Gasteiger partial charge >= 0.3 is 0 Å². The molecule has 1 atom stereocenters. The molecule has 21 heavy (non-hydrogen) atoms. The number of rotatable bonds is 5. The Bertz CT molecular complexity index is 627. The molecule has 0 aromatic carbocycles. The second-order valence-corrected chi connectivity index (χ2v) is 5.38. The number of ether oxygens (including phenoxy) is 1. The summed E-state index contributed by atoms with van der Waals surface area (Å²) in [6.07, 6.45) is 3.71. The number of carbonyl (C=O) groups is 1. The predicted molar refractivity (Wildman–Crippen MR) is 75.9 cm³/mol. The zero-order chi connectivity index (χ0) is 14.7. The van der Waals surface area contributed by atoms with E-state index in [2.05, 4.69) is 22.4 Å². The molecule has 2 aromatic rings. The van der Waals surface area contributed by atoms with Crippen LogP contribution in [-0.2, 0) is 4.74 Å². The van der Waals surface area contributed by atoms with E-state index >= 15 is 0 Å². The summed E-state index contributed by atoms with van der Waals surface area (Å²) >= 11 is 0. The highest BCUT2D eigenvalue weighted by molar-refractivity contribution is 5.94. The van der Waals surface area contributed by atoms with Gasteiger partial charge in [0.2, 0.25) is 0 Å². The van der Waals surface area contributed by atoms with Gasteiger partial charge in [-0.1, -0.05) is 6.92 Å². The predicted octanol–water partition coefficient (Wildman–Crippen LogP) is 1.01. The summed E-state index contributed by atoms with van der Waals surface area (Å²) in [5.41, 5.74) is 1.25. The van der Waals surface area contributed by atoms with Crippen molar-refractivity contribution in [1.29, 1.82) is 0 Å². The number of hydrogen-bond donors (Lipinski definition) is 0. The van der Waals surface area contributed by atoms with Crippen LogP contribution in [0.4, 0.5) is 0 Å². The Hall–Kier alpha value is -2.02. The van der Waals surface area contributed by atoms with E-state index in [1.54, 1.807) is 18.3 Å². The second kappa shape index (κ2) is 6.17. The quantitative estimate of drug-likeness (QED) is 0.768. The van der Waals surface area contributed by atoms with Gasteiger partial charge in [0.25, 0.3) is 5.91 Å². The third-order valence-electron chi connectivity index (χ3n) is 3.71. The van der Waals surface area contributed by atoms with E-state index in [0.29, 0.717) is 17.1 Å². The normalized spacial score (nSPS) is 18.5. The first kappa shape index (κ1) is 13.9. The molecule has 1 aliphatic rings. The van der Waals surface area contributed by atoms with Gasteiger partial charge in [-0.3, -0.25) is 4.79 Å². The van der Waals surface area contributed by atoms with E-state index in [1.807, 2.05) is 4.90 Å². The van der Waals surface area contributed by atoms with Gasteiger partial charge < -0.3 is 9.64 Å². The number of pyridine rings is 1. The molecule has 2 aromatic heterocycles. The lowest BCUT2D eigenvalue weighted by atomic mass is 10.1. The smallest absolute Gasteiger partial charge is 0.255 e.